The Kier molecular flexibility index (Phi) is 6.63. The van der Waals surface area contributed by atoms with Gasteiger partial charge in [0.1, 0.15) is 9.92 Å². The van der Waals surface area contributed by atoms with Crippen molar-refractivity contribution >= 4 is 9.92 Å². The fourth-order valence-corrected chi connectivity index (χ4v) is 1.46. The summed E-state index contributed by atoms with van der Waals surface area (Å²) in [6.45, 7) is 0. The van der Waals surface area contributed by atoms with E-state index in [0.29, 0.717) is 0 Å². The van der Waals surface area contributed by atoms with Crippen LogP contribution in [0.5, 0.6) is 0 Å². The van der Waals surface area contributed by atoms with Crippen molar-refractivity contribution in [3.05, 3.63) is 13.8 Å². The molecule has 11 heavy (non-hydrogen) atoms. The molecule has 0 bridgehead atoms. The molecule has 1 radical (unpaired) electrons. The Morgan fingerprint density at radius 1 is 1.64 bits per heavy atom. The molecule has 1 aliphatic carbocycles. The van der Waals surface area contributed by atoms with Crippen molar-refractivity contribution < 1.29 is 22.8 Å². The van der Waals surface area contributed by atoms with E-state index in [-0.39, 0.29) is 32.0 Å². The van der Waals surface area contributed by atoms with Crippen LogP contribution in [0.15, 0.2) is 4.36 Å². The van der Waals surface area contributed by atoms with Crippen LogP contribution < -0.4 is 5.14 Å². The summed E-state index contributed by atoms with van der Waals surface area (Å²) in [6, 6.07) is 0.243. The monoisotopic (exact) mass is 213 g/mol. The molecule has 1 aliphatic rings. The Bertz CT molecular complexity index is 199. The standard InChI is InChI=1S/C5H11N2OS.CH3.V/c1-9(6,8)7-5-3-2-4-5;;/h2,5H,3-4H2,1H3,(H2,6,7,8);1H3;/q2*-1;+2. The molecule has 2 N–H and O–H groups in total. The average Bonchev–Trinajstić information content (AvgIpc) is 1.53. The first-order valence-corrected chi connectivity index (χ1v) is 4.87. The number of rotatable bonds is 1. The summed E-state index contributed by atoms with van der Waals surface area (Å²) < 4.78 is 14.7. The fraction of sp³-hybridized carbons (Fsp3) is 0.667. The van der Waals surface area contributed by atoms with E-state index < -0.39 is 9.92 Å². The van der Waals surface area contributed by atoms with Crippen LogP contribution in [0.25, 0.3) is 0 Å². The van der Waals surface area contributed by atoms with Gasteiger partial charge in [-0.3, -0.25) is 0 Å². The van der Waals surface area contributed by atoms with Crippen LogP contribution in [-0.4, -0.2) is 16.5 Å². The van der Waals surface area contributed by atoms with Crippen molar-refractivity contribution in [1.29, 1.82) is 0 Å². The summed E-state index contributed by atoms with van der Waals surface area (Å²) in [5.74, 6) is 0. The minimum atomic E-state index is -2.33. The van der Waals surface area contributed by atoms with Crippen molar-refractivity contribution in [3.63, 3.8) is 0 Å². The maximum Gasteiger partial charge on any atom is 2.00 e. The maximum atomic E-state index is 10.8. The zero-order valence-electron chi connectivity index (χ0n) is 6.86. The molecule has 0 aromatic carbocycles. The number of nitrogens with two attached hydrogens (primary N) is 1. The van der Waals surface area contributed by atoms with Gasteiger partial charge >= 0.3 is 18.6 Å². The molecule has 65 valence electrons. The summed E-state index contributed by atoms with van der Waals surface area (Å²) in [4.78, 5) is 0. The molecule has 3 nitrogen and oxygen atoms in total. The van der Waals surface area contributed by atoms with Crippen LogP contribution in [0.3, 0.4) is 0 Å². The molecule has 5 heteroatoms. The van der Waals surface area contributed by atoms with Gasteiger partial charge < -0.3 is 13.8 Å². The Morgan fingerprint density at radius 3 is 2.18 bits per heavy atom. The fourth-order valence-electron chi connectivity index (χ4n) is 0.698. The van der Waals surface area contributed by atoms with E-state index >= 15 is 0 Å². The summed E-state index contributed by atoms with van der Waals surface area (Å²) in [5.41, 5.74) is 0. The van der Waals surface area contributed by atoms with Crippen LogP contribution in [0.1, 0.15) is 12.8 Å². The van der Waals surface area contributed by atoms with Crippen LogP contribution in [-0.2, 0) is 28.5 Å². The summed E-state index contributed by atoms with van der Waals surface area (Å²) >= 11 is 0. The Hall–Kier alpha value is 0.494. The minimum absolute atomic E-state index is 0. The van der Waals surface area contributed by atoms with Crippen LogP contribution >= 0.6 is 0 Å². The largest absolute Gasteiger partial charge is 2.00 e. The van der Waals surface area contributed by atoms with Crippen molar-refractivity contribution in [2.24, 2.45) is 9.50 Å². The molecule has 1 fully saturated rings. The molecule has 0 heterocycles. The zero-order chi connectivity index (χ0) is 6.91. The average molecular weight is 213 g/mol. The van der Waals surface area contributed by atoms with Crippen LogP contribution in [0.4, 0.5) is 0 Å². The Labute approximate surface area is 81.3 Å². The summed E-state index contributed by atoms with van der Waals surface area (Å²) in [7, 11) is -2.33. The SMILES string of the molecule is CS(N)(=O)=NC1C[CH-]C1.[CH3-].[V+2]. The van der Waals surface area contributed by atoms with E-state index in [4.69, 9.17) is 5.14 Å². The van der Waals surface area contributed by atoms with Gasteiger partial charge in [0, 0.05) is 12.3 Å². The number of hydrogen-bond donors (Lipinski definition) is 1. The van der Waals surface area contributed by atoms with Gasteiger partial charge in [0.05, 0.1) is 0 Å². The van der Waals surface area contributed by atoms with Gasteiger partial charge in [-0.15, -0.1) is 0 Å². The quantitative estimate of drug-likeness (QED) is 0.643. The Balaban J connectivity index is 0. The minimum Gasteiger partial charge on any atom is -0.358 e. The molecule has 0 aromatic rings. The molecule has 0 aliphatic heterocycles. The predicted molar refractivity (Wildman–Crippen MR) is 44.4 cm³/mol. The molecule has 1 rings (SSSR count). The first-order valence-electron chi connectivity index (χ1n) is 2.88. The number of nitrogens with zero attached hydrogens (tertiary/aromatic N) is 1. The summed E-state index contributed by atoms with van der Waals surface area (Å²) in [5, 5.41) is 5.19. The third-order valence-electron chi connectivity index (χ3n) is 1.24. The molecule has 1 saturated carbocycles. The van der Waals surface area contributed by atoms with Gasteiger partial charge in [-0.2, -0.15) is 12.8 Å². The van der Waals surface area contributed by atoms with Crippen molar-refractivity contribution in [1.82, 2.24) is 0 Å². The van der Waals surface area contributed by atoms with E-state index in [1.807, 2.05) is 0 Å². The second-order valence-electron chi connectivity index (χ2n) is 2.38. The third kappa shape index (κ3) is 5.73. The van der Waals surface area contributed by atoms with Gasteiger partial charge in [0.25, 0.3) is 0 Å². The topological polar surface area (TPSA) is 55.5 Å². The first kappa shape index (κ1) is 14.0. The molecule has 0 saturated heterocycles. The molecule has 1 unspecified atom stereocenters. The molecule has 0 aromatic heterocycles. The van der Waals surface area contributed by atoms with E-state index in [1.54, 1.807) is 0 Å². The van der Waals surface area contributed by atoms with Gasteiger partial charge in [0.2, 0.25) is 0 Å². The molecular formula is C6H14N2OSV. The van der Waals surface area contributed by atoms with Crippen molar-refractivity contribution in [2.75, 3.05) is 6.26 Å². The first-order chi connectivity index (χ1) is 4.08. The zero-order valence-corrected chi connectivity index (χ0v) is 9.07. The molecular weight excluding hydrogens is 199 g/mol. The normalized spacial score (nSPS) is 21.6. The molecule has 0 spiro atoms. The van der Waals surface area contributed by atoms with E-state index in [2.05, 4.69) is 10.8 Å². The molecule has 0 amide bonds. The van der Waals surface area contributed by atoms with E-state index in [0.717, 1.165) is 12.8 Å². The van der Waals surface area contributed by atoms with Crippen LogP contribution in [0, 0.1) is 13.8 Å². The van der Waals surface area contributed by atoms with Crippen molar-refractivity contribution in [2.45, 2.75) is 18.9 Å². The van der Waals surface area contributed by atoms with E-state index in [1.165, 1.54) is 6.26 Å². The second kappa shape index (κ2) is 5.20. The maximum absolute atomic E-state index is 10.8. The van der Waals surface area contributed by atoms with Gasteiger partial charge in [-0.1, -0.05) is 0 Å². The van der Waals surface area contributed by atoms with Gasteiger partial charge in [-0.25, -0.2) is 13.7 Å². The van der Waals surface area contributed by atoms with Gasteiger partial charge in [-0.05, 0) is 0 Å². The molecule has 1 atom stereocenters. The second-order valence-corrected chi connectivity index (χ2v) is 4.31. The van der Waals surface area contributed by atoms with Crippen LogP contribution in [0.2, 0.25) is 0 Å². The van der Waals surface area contributed by atoms with E-state index in [9.17, 15) is 4.21 Å². The summed E-state index contributed by atoms with van der Waals surface area (Å²) in [6.07, 6.45) is 5.47. The predicted octanol–water partition coefficient (Wildman–Crippen LogP) is 0.772. The third-order valence-corrected chi connectivity index (χ3v) is 1.95. The van der Waals surface area contributed by atoms with Crippen molar-refractivity contribution in [3.8, 4) is 0 Å². The van der Waals surface area contributed by atoms with Gasteiger partial charge in [0.15, 0.2) is 0 Å². The Morgan fingerprint density at radius 2 is 2.09 bits per heavy atom. The number of hydrogen-bond acceptors (Lipinski definition) is 2. The smallest absolute Gasteiger partial charge is 0.358 e.